The first-order valence-corrected chi connectivity index (χ1v) is 6.83. The van der Waals surface area contributed by atoms with Gasteiger partial charge in [0, 0.05) is 24.0 Å². The van der Waals surface area contributed by atoms with Gasteiger partial charge in [-0.2, -0.15) is 0 Å². The largest absolute Gasteiger partial charge is 0.329 e. The fourth-order valence-electron chi connectivity index (χ4n) is 1.43. The molecule has 1 atom stereocenters. The maximum absolute atomic E-state index is 5.70. The van der Waals surface area contributed by atoms with E-state index in [4.69, 9.17) is 5.73 Å². The Bertz CT molecular complexity index is 290. The minimum absolute atomic E-state index is 0.409. The van der Waals surface area contributed by atoms with Crippen LogP contribution in [0.2, 0.25) is 0 Å². The summed E-state index contributed by atoms with van der Waals surface area (Å²) in [6.07, 6.45) is 0. The van der Waals surface area contributed by atoms with Crippen LogP contribution in [-0.4, -0.2) is 12.6 Å². The lowest BCUT2D eigenvalue weighted by atomic mass is 10.1. The number of hydrogen-bond acceptors (Lipinski definition) is 3. The highest BCUT2D eigenvalue weighted by molar-refractivity contribution is 9.11. The number of thiophene rings is 1. The molecular weight excluding hydrogens is 272 g/mol. The van der Waals surface area contributed by atoms with Crippen molar-refractivity contribution in [1.82, 2.24) is 5.32 Å². The zero-order chi connectivity index (χ0) is 11.4. The van der Waals surface area contributed by atoms with Crippen molar-refractivity contribution in [2.45, 2.75) is 33.4 Å². The van der Waals surface area contributed by atoms with Crippen molar-refractivity contribution in [3.8, 4) is 0 Å². The zero-order valence-electron chi connectivity index (χ0n) is 9.51. The van der Waals surface area contributed by atoms with E-state index in [1.165, 1.54) is 14.2 Å². The molecule has 3 N–H and O–H groups in total. The van der Waals surface area contributed by atoms with E-state index in [1.54, 1.807) is 11.3 Å². The van der Waals surface area contributed by atoms with Crippen molar-refractivity contribution < 1.29 is 0 Å². The summed E-state index contributed by atoms with van der Waals surface area (Å²) in [5.41, 5.74) is 7.02. The van der Waals surface area contributed by atoms with Crippen LogP contribution in [-0.2, 0) is 6.54 Å². The van der Waals surface area contributed by atoms with E-state index in [0.717, 1.165) is 6.54 Å². The van der Waals surface area contributed by atoms with Gasteiger partial charge in [0.2, 0.25) is 0 Å². The van der Waals surface area contributed by atoms with Crippen molar-refractivity contribution >= 4 is 27.3 Å². The van der Waals surface area contributed by atoms with E-state index >= 15 is 0 Å². The maximum Gasteiger partial charge on any atom is 0.0730 e. The molecule has 1 rings (SSSR count). The molecule has 0 amide bonds. The molecule has 0 aliphatic heterocycles. The summed E-state index contributed by atoms with van der Waals surface area (Å²) < 4.78 is 1.23. The minimum atomic E-state index is 0.409. The molecule has 0 fully saturated rings. The van der Waals surface area contributed by atoms with E-state index in [0.29, 0.717) is 18.5 Å². The molecule has 0 aliphatic rings. The Morgan fingerprint density at radius 2 is 2.20 bits per heavy atom. The van der Waals surface area contributed by atoms with Crippen molar-refractivity contribution in [1.29, 1.82) is 0 Å². The summed E-state index contributed by atoms with van der Waals surface area (Å²) >= 11 is 5.33. The number of hydrogen-bond donors (Lipinski definition) is 2. The first kappa shape index (κ1) is 13.2. The molecule has 1 heterocycles. The summed E-state index contributed by atoms with van der Waals surface area (Å²) in [5.74, 6) is 0.583. The molecule has 0 radical (unpaired) electrons. The molecule has 0 bridgehead atoms. The fraction of sp³-hybridized carbons (Fsp3) is 0.636. The molecule has 15 heavy (non-hydrogen) atoms. The molecule has 0 aliphatic carbocycles. The highest BCUT2D eigenvalue weighted by Crippen LogP contribution is 2.27. The molecule has 0 aromatic carbocycles. The predicted octanol–water partition coefficient (Wildman–Crippen LogP) is 2.89. The lowest BCUT2D eigenvalue weighted by Gasteiger charge is -2.19. The Balaban J connectivity index is 2.49. The van der Waals surface area contributed by atoms with Crippen LogP contribution in [0.15, 0.2) is 9.85 Å². The normalized spacial score (nSPS) is 13.5. The summed E-state index contributed by atoms with van der Waals surface area (Å²) in [6.45, 7) is 8.12. The van der Waals surface area contributed by atoms with Gasteiger partial charge >= 0.3 is 0 Å². The summed E-state index contributed by atoms with van der Waals surface area (Å²) in [7, 11) is 0. The third-order valence-corrected chi connectivity index (χ3v) is 4.64. The Hall–Kier alpha value is 0.100. The Labute approximate surface area is 104 Å². The van der Waals surface area contributed by atoms with Gasteiger partial charge in [-0.15, -0.1) is 11.3 Å². The fourth-order valence-corrected chi connectivity index (χ4v) is 3.01. The lowest BCUT2D eigenvalue weighted by Crippen LogP contribution is -2.39. The zero-order valence-corrected chi connectivity index (χ0v) is 11.9. The van der Waals surface area contributed by atoms with Gasteiger partial charge < -0.3 is 11.1 Å². The average molecular weight is 291 g/mol. The van der Waals surface area contributed by atoms with E-state index in [1.807, 2.05) is 0 Å². The van der Waals surface area contributed by atoms with Gasteiger partial charge in [-0.1, -0.05) is 13.8 Å². The van der Waals surface area contributed by atoms with Crippen LogP contribution in [0.4, 0.5) is 0 Å². The van der Waals surface area contributed by atoms with Crippen LogP contribution in [0, 0.1) is 12.8 Å². The van der Waals surface area contributed by atoms with Gasteiger partial charge in [0.05, 0.1) is 3.79 Å². The first-order chi connectivity index (χ1) is 7.04. The van der Waals surface area contributed by atoms with Crippen molar-refractivity contribution in [3.63, 3.8) is 0 Å². The number of halogens is 1. The molecule has 0 saturated heterocycles. The lowest BCUT2D eigenvalue weighted by molar-refractivity contribution is 0.406. The standard InChI is InChI=1S/C11H19BrN2S/c1-7(2)10(5-13)14-6-9-4-8(3)11(12)15-9/h4,7,10,14H,5-6,13H2,1-3H3. The van der Waals surface area contributed by atoms with Crippen LogP contribution < -0.4 is 11.1 Å². The summed E-state index contributed by atoms with van der Waals surface area (Å²) in [6, 6.07) is 2.63. The summed E-state index contributed by atoms with van der Waals surface area (Å²) in [5, 5.41) is 3.49. The van der Waals surface area contributed by atoms with Gasteiger partial charge in [-0.25, -0.2) is 0 Å². The monoisotopic (exact) mass is 290 g/mol. The number of nitrogens with two attached hydrogens (primary N) is 1. The molecule has 4 heteroatoms. The molecule has 86 valence electrons. The second kappa shape index (κ2) is 5.99. The maximum atomic E-state index is 5.70. The highest BCUT2D eigenvalue weighted by Gasteiger charge is 2.11. The van der Waals surface area contributed by atoms with E-state index in [-0.39, 0.29) is 0 Å². The highest BCUT2D eigenvalue weighted by atomic mass is 79.9. The summed E-state index contributed by atoms with van der Waals surface area (Å²) in [4.78, 5) is 1.36. The number of rotatable bonds is 5. The Morgan fingerprint density at radius 1 is 1.53 bits per heavy atom. The van der Waals surface area contributed by atoms with E-state index in [2.05, 4.69) is 48.1 Å². The van der Waals surface area contributed by atoms with Crippen molar-refractivity contribution in [2.24, 2.45) is 11.7 Å². The smallest absolute Gasteiger partial charge is 0.0730 e. The van der Waals surface area contributed by atoms with Crippen LogP contribution in [0.25, 0.3) is 0 Å². The van der Waals surface area contributed by atoms with Crippen molar-refractivity contribution in [3.05, 3.63) is 20.3 Å². The Morgan fingerprint density at radius 3 is 2.60 bits per heavy atom. The quantitative estimate of drug-likeness (QED) is 0.875. The first-order valence-electron chi connectivity index (χ1n) is 5.22. The van der Waals surface area contributed by atoms with Gasteiger partial charge in [0.15, 0.2) is 0 Å². The third kappa shape index (κ3) is 3.87. The van der Waals surface area contributed by atoms with E-state index < -0.39 is 0 Å². The molecule has 2 nitrogen and oxygen atoms in total. The van der Waals surface area contributed by atoms with Crippen molar-refractivity contribution in [2.75, 3.05) is 6.54 Å². The SMILES string of the molecule is Cc1cc(CNC(CN)C(C)C)sc1Br. The van der Waals surface area contributed by atoms with Gasteiger partial charge in [-0.05, 0) is 40.4 Å². The number of nitrogens with one attached hydrogen (secondary N) is 1. The van der Waals surface area contributed by atoms with Gasteiger partial charge in [0.1, 0.15) is 0 Å². The second-order valence-corrected chi connectivity index (χ2v) is 6.59. The average Bonchev–Trinajstić information content (AvgIpc) is 2.47. The van der Waals surface area contributed by atoms with E-state index in [9.17, 15) is 0 Å². The minimum Gasteiger partial charge on any atom is -0.329 e. The molecule has 1 aromatic heterocycles. The molecule has 1 unspecified atom stereocenters. The molecule has 1 aromatic rings. The van der Waals surface area contributed by atoms with Crippen LogP contribution in [0.1, 0.15) is 24.3 Å². The van der Waals surface area contributed by atoms with Crippen LogP contribution in [0.3, 0.4) is 0 Å². The molecular formula is C11H19BrN2S. The Kier molecular flexibility index (Phi) is 5.26. The number of aryl methyl sites for hydroxylation is 1. The van der Waals surface area contributed by atoms with Gasteiger partial charge in [-0.3, -0.25) is 0 Å². The van der Waals surface area contributed by atoms with Gasteiger partial charge in [0.25, 0.3) is 0 Å². The third-order valence-electron chi connectivity index (χ3n) is 2.51. The topological polar surface area (TPSA) is 38.0 Å². The molecule has 0 spiro atoms. The second-order valence-electron chi connectivity index (χ2n) is 4.14. The van der Waals surface area contributed by atoms with Crippen LogP contribution in [0.5, 0.6) is 0 Å². The van der Waals surface area contributed by atoms with Crippen LogP contribution >= 0.6 is 27.3 Å². The molecule has 0 saturated carbocycles. The predicted molar refractivity (Wildman–Crippen MR) is 71.3 cm³/mol.